The fourth-order valence-electron chi connectivity index (χ4n) is 2.85. The molecule has 0 aliphatic carbocycles. The van der Waals surface area contributed by atoms with Crippen LogP contribution in [-0.2, 0) is 9.59 Å². The van der Waals surface area contributed by atoms with E-state index in [4.69, 9.17) is 0 Å². The van der Waals surface area contributed by atoms with Crippen molar-refractivity contribution < 1.29 is 9.59 Å². The van der Waals surface area contributed by atoms with Gasteiger partial charge in [-0.1, -0.05) is 6.58 Å². The molecule has 118 valence electrons. The number of pyridine rings is 1. The summed E-state index contributed by atoms with van der Waals surface area (Å²) in [6, 6.07) is 3.83. The smallest absolute Gasteiger partial charge is 0.245 e. The molecule has 1 aromatic heterocycles. The summed E-state index contributed by atoms with van der Waals surface area (Å²) in [5, 5.41) is 0. The highest BCUT2D eigenvalue weighted by Crippen LogP contribution is 2.24. The van der Waals surface area contributed by atoms with Crippen molar-refractivity contribution in [2.45, 2.75) is 25.8 Å². The van der Waals surface area contributed by atoms with E-state index in [-0.39, 0.29) is 23.8 Å². The highest BCUT2D eigenvalue weighted by Gasteiger charge is 2.31. The van der Waals surface area contributed by atoms with Gasteiger partial charge in [0.2, 0.25) is 11.8 Å². The molecule has 22 heavy (non-hydrogen) atoms. The number of piperidine rings is 1. The van der Waals surface area contributed by atoms with Gasteiger partial charge < -0.3 is 9.80 Å². The van der Waals surface area contributed by atoms with Gasteiger partial charge in [0.05, 0.1) is 12.0 Å². The highest BCUT2D eigenvalue weighted by molar-refractivity contribution is 5.88. The molecule has 1 aromatic rings. The third-order valence-electron chi connectivity index (χ3n) is 4.37. The van der Waals surface area contributed by atoms with Gasteiger partial charge in [0.25, 0.3) is 0 Å². The highest BCUT2D eigenvalue weighted by atomic mass is 16.2. The summed E-state index contributed by atoms with van der Waals surface area (Å²) in [5.41, 5.74) is 1.06. The second-order valence-corrected chi connectivity index (χ2v) is 5.73. The van der Waals surface area contributed by atoms with E-state index < -0.39 is 0 Å². The number of aromatic nitrogens is 1. The summed E-state index contributed by atoms with van der Waals surface area (Å²) >= 11 is 0. The summed E-state index contributed by atoms with van der Waals surface area (Å²) < 4.78 is 0. The molecule has 1 saturated heterocycles. The van der Waals surface area contributed by atoms with Crippen molar-refractivity contribution in [1.82, 2.24) is 14.8 Å². The molecule has 2 atom stereocenters. The van der Waals surface area contributed by atoms with Crippen molar-refractivity contribution >= 4 is 11.8 Å². The summed E-state index contributed by atoms with van der Waals surface area (Å²) in [4.78, 5) is 31.9. The molecule has 1 aliphatic heterocycles. The van der Waals surface area contributed by atoms with E-state index in [0.29, 0.717) is 13.1 Å². The number of hydrogen-bond acceptors (Lipinski definition) is 3. The van der Waals surface area contributed by atoms with Gasteiger partial charge >= 0.3 is 0 Å². The average Bonchev–Trinajstić information content (AvgIpc) is 2.59. The predicted molar refractivity (Wildman–Crippen MR) is 84.9 cm³/mol. The maximum atomic E-state index is 12.7. The minimum atomic E-state index is -0.132. The Morgan fingerprint density at radius 2 is 2.14 bits per heavy atom. The largest absolute Gasteiger partial charge is 0.339 e. The monoisotopic (exact) mass is 301 g/mol. The maximum Gasteiger partial charge on any atom is 0.245 e. The number of likely N-dealkylation sites (tertiary alicyclic amines) is 1. The summed E-state index contributed by atoms with van der Waals surface area (Å²) in [6.45, 7) is 6.71. The van der Waals surface area contributed by atoms with Crippen LogP contribution in [0.3, 0.4) is 0 Å². The summed E-state index contributed by atoms with van der Waals surface area (Å²) in [7, 11) is 1.82. The lowest BCUT2D eigenvalue weighted by atomic mass is 9.95. The van der Waals surface area contributed by atoms with E-state index >= 15 is 0 Å². The lowest BCUT2D eigenvalue weighted by molar-refractivity contribution is -0.140. The summed E-state index contributed by atoms with van der Waals surface area (Å²) in [6.07, 6.45) is 6.46. The van der Waals surface area contributed by atoms with Crippen LogP contribution in [0.2, 0.25) is 0 Å². The molecule has 0 bridgehead atoms. The van der Waals surface area contributed by atoms with Gasteiger partial charge in [-0.05, 0) is 43.5 Å². The Labute approximate surface area is 131 Å². The van der Waals surface area contributed by atoms with E-state index in [1.807, 2.05) is 26.1 Å². The second-order valence-electron chi connectivity index (χ2n) is 5.73. The van der Waals surface area contributed by atoms with Gasteiger partial charge in [0, 0.05) is 32.5 Å². The molecule has 2 heterocycles. The first-order valence-electron chi connectivity index (χ1n) is 7.62. The molecule has 0 N–H and O–H groups in total. The van der Waals surface area contributed by atoms with Crippen LogP contribution in [0, 0.1) is 5.92 Å². The van der Waals surface area contributed by atoms with E-state index in [1.165, 1.54) is 6.08 Å². The molecule has 0 aromatic carbocycles. The number of amides is 2. The van der Waals surface area contributed by atoms with Gasteiger partial charge in [0.15, 0.2) is 0 Å². The van der Waals surface area contributed by atoms with Crippen LogP contribution in [0.5, 0.6) is 0 Å². The molecule has 2 unspecified atom stereocenters. The van der Waals surface area contributed by atoms with Gasteiger partial charge in [-0.15, -0.1) is 0 Å². The first-order chi connectivity index (χ1) is 10.5. The number of carbonyl (C=O) groups is 2. The lowest BCUT2D eigenvalue weighted by Gasteiger charge is -2.35. The SMILES string of the molecule is C=CC(=O)N1CCCC(C(=O)N(C)C(C)c2ccncc2)C1. The van der Waals surface area contributed by atoms with Gasteiger partial charge in [-0.2, -0.15) is 0 Å². The molecule has 0 spiro atoms. The molecule has 5 nitrogen and oxygen atoms in total. The Bertz CT molecular complexity index is 544. The van der Waals surface area contributed by atoms with Gasteiger partial charge in [-0.3, -0.25) is 14.6 Å². The summed E-state index contributed by atoms with van der Waals surface area (Å²) in [5.74, 6) is -0.139. The van der Waals surface area contributed by atoms with Crippen LogP contribution < -0.4 is 0 Å². The van der Waals surface area contributed by atoms with Crippen LogP contribution >= 0.6 is 0 Å². The Morgan fingerprint density at radius 1 is 1.45 bits per heavy atom. The molecule has 1 fully saturated rings. The third kappa shape index (κ3) is 3.53. The quantitative estimate of drug-likeness (QED) is 0.800. The fourth-order valence-corrected chi connectivity index (χ4v) is 2.85. The van der Waals surface area contributed by atoms with E-state index in [0.717, 1.165) is 18.4 Å². The van der Waals surface area contributed by atoms with Crippen molar-refractivity contribution in [1.29, 1.82) is 0 Å². The van der Waals surface area contributed by atoms with Crippen LogP contribution in [0.25, 0.3) is 0 Å². The lowest BCUT2D eigenvalue weighted by Crippen LogP contribution is -2.45. The fraction of sp³-hybridized carbons (Fsp3) is 0.471. The number of rotatable bonds is 4. The maximum absolute atomic E-state index is 12.7. The molecular formula is C17H23N3O2. The first-order valence-corrected chi connectivity index (χ1v) is 7.62. The van der Waals surface area contributed by atoms with Crippen molar-refractivity contribution in [2.75, 3.05) is 20.1 Å². The number of hydrogen-bond donors (Lipinski definition) is 0. The molecule has 0 saturated carbocycles. The molecule has 2 rings (SSSR count). The van der Waals surface area contributed by atoms with Crippen molar-refractivity contribution in [3.63, 3.8) is 0 Å². The van der Waals surface area contributed by atoms with Crippen LogP contribution in [0.1, 0.15) is 31.4 Å². The van der Waals surface area contributed by atoms with Crippen LogP contribution in [-0.4, -0.2) is 46.7 Å². The van der Waals surface area contributed by atoms with Crippen molar-refractivity contribution in [2.24, 2.45) is 5.92 Å². The molecule has 5 heteroatoms. The van der Waals surface area contributed by atoms with Crippen LogP contribution in [0.4, 0.5) is 0 Å². The zero-order valence-electron chi connectivity index (χ0n) is 13.2. The third-order valence-corrected chi connectivity index (χ3v) is 4.37. The van der Waals surface area contributed by atoms with Gasteiger partial charge in [0.1, 0.15) is 0 Å². The van der Waals surface area contributed by atoms with Crippen molar-refractivity contribution in [3.8, 4) is 0 Å². The Balaban J connectivity index is 2.03. The Kier molecular flexibility index (Phi) is 5.31. The van der Waals surface area contributed by atoms with E-state index in [2.05, 4.69) is 11.6 Å². The Hall–Kier alpha value is -2.17. The van der Waals surface area contributed by atoms with Gasteiger partial charge in [-0.25, -0.2) is 0 Å². The predicted octanol–water partition coefficient (Wildman–Crippen LogP) is 2.03. The molecule has 0 radical (unpaired) electrons. The van der Waals surface area contributed by atoms with E-state index in [9.17, 15) is 9.59 Å². The van der Waals surface area contributed by atoms with Crippen molar-refractivity contribution in [3.05, 3.63) is 42.7 Å². The van der Waals surface area contributed by atoms with Crippen LogP contribution in [0.15, 0.2) is 37.2 Å². The number of nitrogens with zero attached hydrogens (tertiary/aromatic N) is 3. The number of carbonyl (C=O) groups excluding carboxylic acids is 2. The zero-order valence-corrected chi connectivity index (χ0v) is 13.2. The average molecular weight is 301 g/mol. The topological polar surface area (TPSA) is 53.5 Å². The standard InChI is InChI=1S/C17H23N3O2/c1-4-16(21)20-11-5-6-15(12-20)17(22)19(3)13(2)14-7-9-18-10-8-14/h4,7-10,13,15H,1,5-6,11-12H2,2-3H3. The normalized spacial score (nSPS) is 19.4. The van der Waals surface area contributed by atoms with E-state index in [1.54, 1.807) is 22.2 Å². The minimum absolute atomic E-state index is 0.0130. The second kappa shape index (κ2) is 7.20. The molecule has 2 amide bonds. The Morgan fingerprint density at radius 3 is 2.77 bits per heavy atom. The zero-order chi connectivity index (χ0) is 16.1. The molecule has 1 aliphatic rings. The minimum Gasteiger partial charge on any atom is -0.339 e. The first kappa shape index (κ1) is 16.2. The molecular weight excluding hydrogens is 278 g/mol.